The molecule has 0 aliphatic carbocycles. The van der Waals surface area contributed by atoms with Crippen LogP contribution in [0, 0.1) is 0 Å². The molecule has 0 saturated carbocycles. The molecule has 0 radical (unpaired) electrons. The molecule has 0 aliphatic rings. The largest absolute Gasteiger partial charge is 0.396 e. The smallest absolute Gasteiger partial charge is 0.240 e. The van der Waals surface area contributed by atoms with Crippen molar-refractivity contribution in [2.45, 2.75) is 17.7 Å². The van der Waals surface area contributed by atoms with Gasteiger partial charge in [-0.1, -0.05) is 42.5 Å². The van der Waals surface area contributed by atoms with Crippen LogP contribution in [0.1, 0.15) is 12.2 Å². The molecule has 4 rings (SSSR count). The summed E-state index contributed by atoms with van der Waals surface area (Å²) in [7, 11) is -3.95. The van der Waals surface area contributed by atoms with Crippen LogP contribution < -0.4 is 5.14 Å². The second-order valence-corrected chi connectivity index (χ2v) is 9.11. The van der Waals surface area contributed by atoms with Gasteiger partial charge in [0.05, 0.1) is 10.6 Å². The van der Waals surface area contributed by atoms with Crippen LogP contribution in [0.25, 0.3) is 27.5 Å². The highest BCUT2D eigenvalue weighted by Gasteiger charge is 2.21. The standard InChI is InChI=1S/C21H20N4O3S2/c22-30(27,28)19-10-5-4-9-17(19)25-21(23-20(24-25)11-6-12-26)18-13-16(14-29-18)15-7-2-1-3-8-15/h1-5,7-10,13-14,26H,6,11-12H2,(H2,22,27,28). The van der Waals surface area contributed by atoms with E-state index in [-0.39, 0.29) is 11.5 Å². The van der Waals surface area contributed by atoms with Gasteiger partial charge in [0.15, 0.2) is 11.6 Å². The average molecular weight is 441 g/mol. The molecule has 9 heteroatoms. The van der Waals surface area contributed by atoms with E-state index in [0.717, 1.165) is 16.0 Å². The molecular formula is C21H20N4O3S2. The van der Waals surface area contributed by atoms with E-state index < -0.39 is 10.0 Å². The molecule has 0 bridgehead atoms. The molecule has 0 aliphatic heterocycles. The van der Waals surface area contributed by atoms with Crippen molar-refractivity contribution >= 4 is 21.4 Å². The Balaban J connectivity index is 1.85. The van der Waals surface area contributed by atoms with E-state index >= 15 is 0 Å². The van der Waals surface area contributed by atoms with E-state index in [1.807, 2.05) is 41.8 Å². The highest BCUT2D eigenvalue weighted by Crippen LogP contribution is 2.33. The summed E-state index contributed by atoms with van der Waals surface area (Å²) in [5.41, 5.74) is 2.46. The van der Waals surface area contributed by atoms with Crippen LogP contribution >= 0.6 is 11.3 Å². The van der Waals surface area contributed by atoms with E-state index in [0.29, 0.717) is 30.2 Å². The topological polar surface area (TPSA) is 111 Å². The lowest BCUT2D eigenvalue weighted by Crippen LogP contribution is -2.16. The third-order valence-electron chi connectivity index (χ3n) is 4.54. The Kier molecular flexibility index (Phi) is 5.78. The Morgan fingerprint density at radius 1 is 1.03 bits per heavy atom. The maximum absolute atomic E-state index is 12.1. The zero-order chi connectivity index (χ0) is 21.1. The van der Waals surface area contributed by atoms with Crippen LogP contribution in [0.2, 0.25) is 0 Å². The Bertz CT molecular complexity index is 1260. The lowest BCUT2D eigenvalue weighted by atomic mass is 10.1. The second-order valence-electron chi connectivity index (χ2n) is 6.67. The molecule has 0 saturated heterocycles. The van der Waals surface area contributed by atoms with Crippen LogP contribution in [0.4, 0.5) is 0 Å². The van der Waals surface area contributed by atoms with Crippen molar-refractivity contribution in [3.63, 3.8) is 0 Å². The molecule has 0 spiro atoms. The molecule has 0 fully saturated rings. The van der Waals surface area contributed by atoms with Crippen molar-refractivity contribution in [2.75, 3.05) is 6.61 Å². The predicted octanol–water partition coefficient (Wildman–Crippen LogP) is 3.24. The maximum atomic E-state index is 12.1. The molecule has 0 atom stereocenters. The van der Waals surface area contributed by atoms with E-state index in [2.05, 4.69) is 10.1 Å². The molecular weight excluding hydrogens is 420 g/mol. The van der Waals surface area contributed by atoms with Crippen LogP contribution in [-0.2, 0) is 16.4 Å². The fourth-order valence-electron chi connectivity index (χ4n) is 3.13. The zero-order valence-electron chi connectivity index (χ0n) is 16.0. The first-order valence-corrected chi connectivity index (χ1v) is 11.7. The SMILES string of the molecule is NS(=O)(=O)c1ccccc1-n1nc(CCCO)nc1-c1cc(-c2ccccc2)cs1. The highest BCUT2D eigenvalue weighted by atomic mass is 32.2. The van der Waals surface area contributed by atoms with Crippen molar-refractivity contribution in [2.24, 2.45) is 5.14 Å². The van der Waals surface area contributed by atoms with Gasteiger partial charge >= 0.3 is 0 Å². The van der Waals surface area contributed by atoms with Gasteiger partial charge in [0.2, 0.25) is 10.0 Å². The first kappa shape index (κ1) is 20.4. The molecule has 4 aromatic rings. The lowest BCUT2D eigenvalue weighted by molar-refractivity contribution is 0.287. The monoisotopic (exact) mass is 440 g/mol. The number of aliphatic hydroxyl groups excluding tert-OH is 1. The summed E-state index contributed by atoms with van der Waals surface area (Å²) in [6.45, 7) is 0.0226. The molecule has 0 unspecified atom stereocenters. The third kappa shape index (κ3) is 4.19. The molecule has 30 heavy (non-hydrogen) atoms. The second kappa shape index (κ2) is 8.49. The molecule has 7 nitrogen and oxygen atoms in total. The Hall–Kier alpha value is -2.85. The number of hydrogen-bond acceptors (Lipinski definition) is 6. The number of sulfonamides is 1. The fourth-order valence-corrected chi connectivity index (χ4v) is 4.74. The van der Waals surface area contributed by atoms with E-state index in [1.165, 1.54) is 22.1 Å². The molecule has 0 amide bonds. The van der Waals surface area contributed by atoms with Crippen molar-refractivity contribution in [3.8, 4) is 27.5 Å². The van der Waals surface area contributed by atoms with Gasteiger partial charge in [-0.15, -0.1) is 11.3 Å². The van der Waals surface area contributed by atoms with Gasteiger partial charge in [-0.25, -0.2) is 23.2 Å². The number of primary sulfonamides is 1. The number of aliphatic hydroxyl groups is 1. The number of rotatable bonds is 7. The van der Waals surface area contributed by atoms with Gasteiger partial charge in [-0.2, -0.15) is 5.10 Å². The van der Waals surface area contributed by atoms with Gasteiger partial charge in [-0.3, -0.25) is 0 Å². The number of para-hydroxylation sites is 1. The first-order chi connectivity index (χ1) is 14.5. The molecule has 2 aromatic carbocycles. The van der Waals surface area contributed by atoms with Gasteiger partial charge in [0.1, 0.15) is 4.90 Å². The van der Waals surface area contributed by atoms with Gasteiger partial charge in [0.25, 0.3) is 0 Å². The van der Waals surface area contributed by atoms with Gasteiger partial charge < -0.3 is 5.11 Å². The summed E-state index contributed by atoms with van der Waals surface area (Å²) < 4.78 is 25.8. The van der Waals surface area contributed by atoms with Gasteiger partial charge in [-0.05, 0) is 41.1 Å². The predicted molar refractivity (Wildman–Crippen MR) is 117 cm³/mol. The Morgan fingerprint density at radius 2 is 1.77 bits per heavy atom. The molecule has 3 N–H and O–H groups in total. The normalized spacial score (nSPS) is 11.7. The van der Waals surface area contributed by atoms with Gasteiger partial charge in [0, 0.05) is 13.0 Å². The highest BCUT2D eigenvalue weighted by molar-refractivity contribution is 7.89. The van der Waals surface area contributed by atoms with Crippen molar-refractivity contribution in [3.05, 3.63) is 71.9 Å². The summed E-state index contributed by atoms with van der Waals surface area (Å²) >= 11 is 1.50. The van der Waals surface area contributed by atoms with E-state index in [1.54, 1.807) is 18.2 Å². The molecule has 154 valence electrons. The fraction of sp³-hybridized carbons (Fsp3) is 0.143. The first-order valence-electron chi connectivity index (χ1n) is 9.30. The number of hydrogen-bond donors (Lipinski definition) is 2. The van der Waals surface area contributed by atoms with Crippen LogP contribution in [-0.4, -0.2) is 34.9 Å². The van der Waals surface area contributed by atoms with Crippen molar-refractivity contribution < 1.29 is 13.5 Å². The number of thiophene rings is 1. The van der Waals surface area contributed by atoms with E-state index in [9.17, 15) is 8.42 Å². The molecule has 2 aromatic heterocycles. The summed E-state index contributed by atoms with van der Waals surface area (Å²) in [6.07, 6.45) is 0.991. The Labute approximate surface area is 178 Å². The summed E-state index contributed by atoms with van der Waals surface area (Å²) in [5, 5.41) is 21.2. The Morgan fingerprint density at radius 3 is 2.50 bits per heavy atom. The lowest BCUT2D eigenvalue weighted by Gasteiger charge is -2.09. The van der Waals surface area contributed by atoms with E-state index in [4.69, 9.17) is 10.2 Å². The quantitative estimate of drug-likeness (QED) is 0.458. The average Bonchev–Trinajstić information content (AvgIpc) is 3.39. The third-order valence-corrected chi connectivity index (χ3v) is 6.42. The van der Waals surface area contributed by atoms with Crippen LogP contribution in [0.3, 0.4) is 0 Å². The van der Waals surface area contributed by atoms with Crippen molar-refractivity contribution in [1.82, 2.24) is 14.8 Å². The molecule has 2 heterocycles. The minimum absolute atomic E-state index is 0.0226. The number of aryl methyl sites for hydroxylation is 1. The zero-order valence-corrected chi connectivity index (χ0v) is 17.6. The minimum Gasteiger partial charge on any atom is -0.396 e. The minimum atomic E-state index is -3.95. The van der Waals surface area contributed by atoms with Crippen LogP contribution in [0.15, 0.2) is 70.9 Å². The maximum Gasteiger partial charge on any atom is 0.240 e. The van der Waals surface area contributed by atoms with Crippen molar-refractivity contribution in [1.29, 1.82) is 0 Å². The van der Waals surface area contributed by atoms with Crippen LogP contribution in [0.5, 0.6) is 0 Å². The summed E-state index contributed by atoms with van der Waals surface area (Å²) in [5.74, 6) is 1.06. The number of nitrogens with zero attached hydrogens (tertiary/aromatic N) is 3. The number of benzene rings is 2. The number of aromatic nitrogens is 3. The summed E-state index contributed by atoms with van der Waals surface area (Å²) in [4.78, 5) is 5.46. The summed E-state index contributed by atoms with van der Waals surface area (Å²) in [6, 6.07) is 18.4. The number of nitrogens with two attached hydrogens (primary N) is 1.